The van der Waals surface area contributed by atoms with Crippen LogP contribution in [0.2, 0.25) is 0 Å². The quantitative estimate of drug-likeness (QED) is 0.537. The first kappa shape index (κ1) is 23.2. The number of anilines is 2. The standard InChI is InChI=1S/C25H22F3N3O3/c1-34-19-10-8-18(9-11-19)23(32)31-13-12-17-7-6-16(14-22(17)31)15-29-24(33)30-21-5-3-2-4-20(21)25(26,27)28/h2-11,14H,12-13,15H2,1H3,(H2,29,30,33). The molecule has 3 aromatic carbocycles. The van der Waals surface area contributed by atoms with Gasteiger partial charge in [-0.1, -0.05) is 24.3 Å². The van der Waals surface area contributed by atoms with Crippen LogP contribution in [0.1, 0.15) is 27.0 Å². The van der Waals surface area contributed by atoms with Crippen LogP contribution >= 0.6 is 0 Å². The summed E-state index contributed by atoms with van der Waals surface area (Å²) in [6, 6.07) is 16.4. The second-order valence-electron chi connectivity index (χ2n) is 7.75. The Balaban J connectivity index is 1.43. The molecule has 9 heteroatoms. The zero-order valence-electron chi connectivity index (χ0n) is 18.3. The number of fused-ring (bicyclic) bond motifs is 1. The Bertz CT molecular complexity index is 1210. The molecule has 176 valence electrons. The lowest BCUT2D eigenvalue weighted by Crippen LogP contribution is -2.30. The Labute approximate surface area is 194 Å². The molecule has 3 aromatic rings. The molecule has 0 bridgehead atoms. The highest BCUT2D eigenvalue weighted by atomic mass is 19.4. The van der Waals surface area contributed by atoms with Crippen LogP contribution in [0.25, 0.3) is 0 Å². The highest BCUT2D eigenvalue weighted by Crippen LogP contribution is 2.34. The lowest BCUT2D eigenvalue weighted by atomic mass is 10.1. The number of carbonyl (C=O) groups excluding carboxylic acids is 2. The molecule has 1 aliphatic heterocycles. The van der Waals surface area contributed by atoms with Crippen molar-refractivity contribution in [3.8, 4) is 5.75 Å². The van der Waals surface area contributed by atoms with Crippen molar-refractivity contribution < 1.29 is 27.5 Å². The normalized spacial score (nSPS) is 12.8. The van der Waals surface area contributed by atoms with E-state index < -0.39 is 17.8 Å². The second kappa shape index (κ2) is 9.46. The number of methoxy groups -OCH3 is 1. The number of nitrogens with zero attached hydrogens (tertiary/aromatic N) is 1. The first-order chi connectivity index (χ1) is 16.3. The smallest absolute Gasteiger partial charge is 0.418 e. The summed E-state index contributed by atoms with van der Waals surface area (Å²) in [6.07, 6.45) is -3.87. The number of hydrogen-bond donors (Lipinski definition) is 2. The van der Waals surface area contributed by atoms with Gasteiger partial charge in [-0.2, -0.15) is 13.2 Å². The van der Waals surface area contributed by atoms with E-state index in [9.17, 15) is 22.8 Å². The van der Waals surface area contributed by atoms with Gasteiger partial charge in [-0.15, -0.1) is 0 Å². The van der Waals surface area contributed by atoms with E-state index in [2.05, 4.69) is 10.6 Å². The largest absolute Gasteiger partial charge is 0.497 e. The minimum Gasteiger partial charge on any atom is -0.497 e. The average Bonchev–Trinajstić information content (AvgIpc) is 3.25. The van der Waals surface area contributed by atoms with E-state index in [1.54, 1.807) is 36.3 Å². The number of alkyl halides is 3. The molecule has 0 aromatic heterocycles. The Kier molecular flexibility index (Phi) is 6.45. The van der Waals surface area contributed by atoms with Gasteiger partial charge in [0.15, 0.2) is 0 Å². The van der Waals surface area contributed by atoms with Crippen molar-refractivity contribution in [3.05, 3.63) is 89.0 Å². The summed E-state index contributed by atoms with van der Waals surface area (Å²) >= 11 is 0. The number of urea groups is 1. The van der Waals surface area contributed by atoms with Gasteiger partial charge in [0.25, 0.3) is 5.91 Å². The predicted molar refractivity (Wildman–Crippen MR) is 122 cm³/mol. The maximum absolute atomic E-state index is 13.1. The summed E-state index contributed by atoms with van der Waals surface area (Å²) in [5.41, 5.74) is 1.76. The van der Waals surface area contributed by atoms with E-state index in [0.717, 1.165) is 17.3 Å². The maximum Gasteiger partial charge on any atom is 0.418 e. The fourth-order valence-electron chi connectivity index (χ4n) is 3.82. The Morgan fingerprint density at radius 1 is 1.03 bits per heavy atom. The van der Waals surface area contributed by atoms with Gasteiger partial charge < -0.3 is 20.3 Å². The number of carbonyl (C=O) groups is 2. The van der Waals surface area contributed by atoms with Gasteiger partial charge >= 0.3 is 12.2 Å². The summed E-state index contributed by atoms with van der Waals surface area (Å²) < 4.78 is 44.5. The Hall–Kier alpha value is -4.01. The van der Waals surface area contributed by atoms with Gasteiger partial charge in [0.1, 0.15) is 5.75 Å². The first-order valence-corrected chi connectivity index (χ1v) is 10.5. The number of halogens is 3. The number of nitrogens with one attached hydrogen (secondary N) is 2. The number of ether oxygens (including phenoxy) is 1. The van der Waals surface area contributed by atoms with Crippen molar-refractivity contribution in [2.75, 3.05) is 23.9 Å². The van der Waals surface area contributed by atoms with E-state index in [1.165, 1.54) is 18.2 Å². The molecule has 0 saturated carbocycles. The third-order valence-electron chi connectivity index (χ3n) is 5.56. The van der Waals surface area contributed by atoms with Crippen molar-refractivity contribution in [3.63, 3.8) is 0 Å². The zero-order chi connectivity index (χ0) is 24.3. The summed E-state index contributed by atoms with van der Waals surface area (Å²) in [4.78, 5) is 26.9. The third kappa shape index (κ3) is 4.98. The second-order valence-corrected chi connectivity index (χ2v) is 7.75. The van der Waals surface area contributed by atoms with Gasteiger partial charge in [0.2, 0.25) is 0 Å². The monoisotopic (exact) mass is 469 g/mol. The number of hydrogen-bond acceptors (Lipinski definition) is 3. The predicted octanol–water partition coefficient (Wildman–Crippen LogP) is 5.24. The molecule has 0 spiro atoms. The lowest BCUT2D eigenvalue weighted by molar-refractivity contribution is -0.136. The highest BCUT2D eigenvalue weighted by Gasteiger charge is 2.33. The molecule has 4 rings (SSSR count). The van der Waals surface area contributed by atoms with Crippen LogP contribution in [0.3, 0.4) is 0 Å². The minimum absolute atomic E-state index is 0.0812. The molecule has 3 amide bonds. The minimum atomic E-state index is -4.58. The van der Waals surface area contributed by atoms with Crippen LogP contribution in [-0.2, 0) is 19.1 Å². The molecular formula is C25H22F3N3O3. The molecule has 1 aliphatic rings. The van der Waals surface area contributed by atoms with E-state index in [4.69, 9.17) is 4.74 Å². The fraction of sp³-hybridized carbons (Fsp3) is 0.200. The van der Waals surface area contributed by atoms with E-state index in [1.807, 2.05) is 18.2 Å². The van der Waals surface area contributed by atoms with Crippen molar-refractivity contribution >= 4 is 23.3 Å². The topological polar surface area (TPSA) is 70.7 Å². The van der Waals surface area contributed by atoms with Gasteiger partial charge in [-0.25, -0.2) is 4.79 Å². The van der Waals surface area contributed by atoms with Crippen LogP contribution < -0.4 is 20.3 Å². The molecule has 0 radical (unpaired) electrons. The molecule has 0 unspecified atom stereocenters. The van der Waals surface area contributed by atoms with Gasteiger partial charge in [0.05, 0.1) is 18.4 Å². The molecule has 2 N–H and O–H groups in total. The molecule has 1 heterocycles. The number of para-hydroxylation sites is 1. The molecular weight excluding hydrogens is 447 g/mol. The van der Waals surface area contributed by atoms with Crippen molar-refractivity contribution in [1.82, 2.24) is 5.32 Å². The first-order valence-electron chi connectivity index (χ1n) is 10.5. The van der Waals surface area contributed by atoms with Crippen LogP contribution in [0.4, 0.5) is 29.3 Å². The SMILES string of the molecule is COc1ccc(C(=O)N2CCc3ccc(CNC(=O)Nc4ccccc4C(F)(F)F)cc32)cc1. The Morgan fingerprint density at radius 3 is 2.47 bits per heavy atom. The van der Waals surface area contributed by atoms with Gasteiger partial charge in [0, 0.05) is 24.3 Å². The van der Waals surface area contributed by atoms with Gasteiger partial charge in [-0.05, 0) is 60.0 Å². The number of amides is 3. The van der Waals surface area contributed by atoms with Crippen LogP contribution in [0, 0.1) is 0 Å². The van der Waals surface area contributed by atoms with Crippen LogP contribution in [0.5, 0.6) is 5.75 Å². The molecule has 34 heavy (non-hydrogen) atoms. The van der Waals surface area contributed by atoms with Crippen LogP contribution in [-0.4, -0.2) is 25.6 Å². The summed E-state index contributed by atoms with van der Waals surface area (Å²) in [5.74, 6) is 0.510. The number of rotatable bonds is 5. The van der Waals surface area contributed by atoms with E-state index >= 15 is 0 Å². The Morgan fingerprint density at radius 2 is 1.76 bits per heavy atom. The van der Waals surface area contributed by atoms with E-state index in [-0.39, 0.29) is 18.1 Å². The van der Waals surface area contributed by atoms with Crippen molar-refractivity contribution in [1.29, 1.82) is 0 Å². The summed E-state index contributed by atoms with van der Waals surface area (Å²) in [7, 11) is 1.55. The summed E-state index contributed by atoms with van der Waals surface area (Å²) in [5, 5.41) is 4.82. The van der Waals surface area contributed by atoms with Gasteiger partial charge in [-0.3, -0.25) is 4.79 Å². The molecule has 0 saturated heterocycles. The molecule has 6 nitrogen and oxygen atoms in total. The summed E-state index contributed by atoms with van der Waals surface area (Å²) in [6.45, 7) is 0.615. The van der Waals surface area contributed by atoms with Crippen molar-refractivity contribution in [2.24, 2.45) is 0 Å². The zero-order valence-corrected chi connectivity index (χ0v) is 18.3. The highest BCUT2D eigenvalue weighted by molar-refractivity contribution is 6.07. The maximum atomic E-state index is 13.1. The molecule has 0 atom stereocenters. The third-order valence-corrected chi connectivity index (χ3v) is 5.56. The lowest BCUT2D eigenvalue weighted by Gasteiger charge is -2.18. The number of benzene rings is 3. The molecule has 0 aliphatic carbocycles. The molecule has 0 fully saturated rings. The average molecular weight is 469 g/mol. The van der Waals surface area contributed by atoms with Crippen molar-refractivity contribution in [2.45, 2.75) is 19.1 Å². The fourth-order valence-corrected chi connectivity index (χ4v) is 3.82. The van der Waals surface area contributed by atoms with E-state index in [0.29, 0.717) is 29.8 Å². The van der Waals surface area contributed by atoms with Crippen LogP contribution in [0.15, 0.2) is 66.7 Å².